The van der Waals surface area contributed by atoms with E-state index in [-0.39, 0.29) is 18.3 Å². The van der Waals surface area contributed by atoms with Gasteiger partial charge in [0, 0.05) is 6.54 Å². The first-order valence-electron chi connectivity index (χ1n) is 6.20. The van der Waals surface area contributed by atoms with E-state index in [0.29, 0.717) is 6.54 Å². The SMILES string of the molecule is COc1ccc2cc(CNC(=O)[C@@H](C)N)ccc2c1.Cl. The third kappa shape index (κ3) is 3.85. The molecule has 0 aromatic heterocycles. The average Bonchev–Trinajstić information content (AvgIpc) is 2.43. The number of hydrogen-bond acceptors (Lipinski definition) is 3. The number of fused-ring (bicyclic) bond motifs is 1. The fraction of sp³-hybridized carbons (Fsp3) is 0.267. The lowest BCUT2D eigenvalue weighted by molar-refractivity contribution is -0.122. The summed E-state index contributed by atoms with van der Waals surface area (Å²) in [6, 6.07) is 11.5. The minimum atomic E-state index is -0.482. The van der Waals surface area contributed by atoms with E-state index in [0.717, 1.165) is 22.1 Å². The molecule has 1 amide bonds. The Kier molecular flexibility index (Phi) is 5.80. The van der Waals surface area contributed by atoms with Gasteiger partial charge in [0.1, 0.15) is 5.75 Å². The van der Waals surface area contributed by atoms with Crippen LogP contribution < -0.4 is 15.8 Å². The summed E-state index contributed by atoms with van der Waals surface area (Å²) < 4.78 is 5.19. The molecule has 5 heteroatoms. The molecule has 0 fully saturated rings. The van der Waals surface area contributed by atoms with E-state index in [4.69, 9.17) is 10.5 Å². The van der Waals surface area contributed by atoms with Crippen LogP contribution in [-0.2, 0) is 11.3 Å². The Morgan fingerprint density at radius 3 is 2.55 bits per heavy atom. The van der Waals surface area contributed by atoms with Crippen molar-refractivity contribution in [2.75, 3.05) is 7.11 Å². The van der Waals surface area contributed by atoms with E-state index in [9.17, 15) is 4.79 Å². The molecule has 1 atom stereocenters. The summed E-state index contributed by atoms with van der Waals surface area (Å²) in [6.07, 6.45) is 0. The Morgan fingerprint density at radius 1 is 1.25 bits per heavy atom. The summed E-state index contributed by atoms with van der Waals surface area (Å²) in [5.41, 5.74) is 6.54. The van der Waals surface area contributed by atoms with Crippen molar-refractivity contribution in [1.82, 2.24) is 5.32 Å². The van der Waals surface area contributed by atoms with Crippen LogP contribution in [0.4, 0.5) is 0 Å². The summed E-state index contributed by atoms with van der Waals surface area (Å²) in [5.74, 6) is 0.695. The molecule has 2 aromatic carbocycles. The molecule has 0 unspecified atom stereocenters. The molecule has 0 radical (unpaired) electrons. The molecular formula is C15H19ClN2O2. The number of hydrogen-bond donors (Lipinski definition) is 2. The van der Waals surface area contributed by atoms with Gasteiger partial charge in [0.05, 0.1) is 13.2 Å². The van der Waals surface area contributed by atoms with Crippen molar-refractivity contribution < 1.29 is 9.53 Å². The molecule has 0 spiro atoms. The van der Waals surface area contributed by atoms with Gasteiger partial charge in [0.2, 0.25) is 5.91 Å². The van der Waals surface area contributed by atoms with Crippen molar-refractivity contribution in [3.8, 4) is 5.75 Å². The number of methoxy groups -OCH3 is 1. The Hall–Kier alpha value is -1.78. The van der Waals surface area contributed by atoms with Crippen molar-refractivity contribution in [3.05, 3.63) is 42.0 Å². The first kappa shape index (κ1) is 16.3. The topological polar surface area (TPSA) is 64.3 Å². The van der Waals surface area contributed by atoms with Gasteiger partial charge in [-0.3, -0.25) is 4.79 Å². The summed E-state index contributed by atoms with van der Waals surface area (Å²) in [5, 5.41) is 5.03. The molecule has 0 aliphatic heterocycles. The smallest absolute Gasteiger partial charge is 0.236 e. The van der Waals surface area contributed by atoms with Crippen molar-refractivity contribution >= 4 is 29.1 Å². The van der Waals surface area contributed by atoms with Crippen LogP contribution in [0.15, 0.2) is 36.4 Å². The molecule has 4 nitrogen and oxygen atoms in total. The molecule has 20 heavy (non-hydrogen) atoms. The zero-order valence-electron chi connectivity index (χ0n) is 11.6. The van der Waals surface area contributed by atoms with Crippen molar-refractivity contribution in [1.29, 1.82) is 0 Å². The van der Waals surface area contributed by atoms with E-state index in [2.05, 4.69) is 11.4 Å². The van der Waals surface area contributed by atoms with Gasteiger partial charge in [-0.15, -0.1) is 12.4 Å². The predicted molar refractivity (Wildman–Crippen MR) is 83.2 cm³/mol. The molecule has 0 saturated carbocycles. The number of carbonyl (C=O) groups excluding carboxylic acids is 1. The molecule has 0 heterocycles. The number of amides is 1. The lowest BCUT2D eigenvalue weighted by atomic mass is 10.1. The van der Waals surface area contributed by atoms with Gasteiger partial charge in [0.25, 0.3) is 0 Å². The number of nitrogens with one attached hydrogen (secondary N) is 1. The molecule has 0 aliphatic rings. The van der Waals surface area contributed by atoms with E-state index in [1.54, 1.807) is 14.0 Å². The largest absolute Gasteiger partial charge is 0.497 e. The predicted octanol–water partition coefficient (Wildman–Crippen LogP) is 2.23. The van der Waals surface area contributed by atoms with Gasteiger partial charge in [-0.2, -0.15) is 0 Å². The van der Waals surface area contributed by atoms with Gasteiger partial charge >= 0.3 is 0 Å². The van der Waals surface area contributed by atoms with Crippen LogP contribution in [0.3, 0.4) is 0 Å². The van der Waals surface area contributed by atoms with Gasteiger partial charge in [-0.25, -0.2) is 0 Å². The fourth-order valence-corrected chi connectivity index (χ4v) is 1.86. The minimum absolute atomic E-state index is 0. The van der Waals surface area contributed by atoms with E-state index in [1.165, 1.54) is 0 Å². The van der Waals surface area contributed by atoms with E-state index < -0.39 is 6.04 Å². The van der Waals surface area contributed by atoms with Crippen molar-refractivity contribution in [2.45, 2.75) is 19.5 Å². The highest BCUT2D eigenvalue weighted by Gasteiger charge is 2.06. The number of rotatable bonds is 4. The minimum Gasteiger partial charge on any atom is -0.497 e. The van der Waals surface area contributed by atoms with Crippen LogP contribution in [0.25, 0.3) is 10.8 Å². The highest BCUT2D eigenvalue weighted by Crippen LogP contribution is 2.21. The zero-order valence-corrected chi connectivity index (χ0v) is 12.4. The van der Waals surface area contributed by atoms with Crippen molar-refractivity contribution in [3.63, 3.8) is 0 Å². The van der Waals surface area contributed by atoms with Crippen LogP contribution in [0.2, 0.25) is 0 Å². The fourth-order valence-electron chi connectivity index (χ4n) is 1.86. The van der Waals surface area contributed by atoms with Crippen LogP contribution in [0.5, 0.6) is 5.75 Å². The van der Waals surface area contributed by atoms with Crippen molar-refractivity contribution in [2.24, 2.45) is 5.73 Å². The Morgan fingerprint density at radius 2 is 1.90 bits per heavy atom. The Balaban J connectivity index is 0.00000200. The second-order valence-electron chi connectivity index (χ2n) is 4.55. The number of halogens is 1. The molecule has 108 valence electrons. The number of nitrogens with two attached hydrogens (primary N) is 1. The number of benzene rings is 2. The lowest BCUT2D eigenvalue weighted by Gasteiger charge is -2.09. The number of ether oxygens (including phenoxy) is 1. The Bertz CT molecular complexity index is 599. The van der Waals surface area contributed by atoms with E-state index in [1.807, 2.05) is 30.3 Å². The van der Waals surface area contributed by atoms with Crippen LogP contribution in [0, 0.1) is 0 Å². The maximum Gasteiger partial charge on any atom is 0.236 e. The monoisotopic (exact) mass is 294 g/mol. The van der Waals surface area contributed by atoms with Crippen LogP contribution >= 0.6 is 12.4 Å². The molecule has 0 bridgehead atoms. The standard InChI is InChI=1S/C15H18N2O2.ClH/c1-10(16)15(18)17-9-11-3-4-13-8-14(19-2)6-5-12(13)7-11;/h3-8,10H,9,16H2,1-2H3,(H,17,18);1H/t10-;/m1./s1. The maximum absolute atomic E-state index is 11.4. The maximum atomic E-state index is 11.4. The molecule has 2 aromatic rings. The molecule has 0 aliphatic carbocycles. The number of carbonyl (C=O) groups is 1. The van der Waals surface area contributed by atoms with Gasteiger partial charge in [-0.05, 0) is 41.5 Å². The normalized spacial score (nSPS) is 11.6. The van der Waals surface area contributed by atoms with Gasteiger partial charge < -0.3 is 15.8 Å². The molecule has 0 saturated heterocycles. The average molecular weight is 295 g/mol. The van der Waals surface area contributed by atoms with Gasteiger partial charge in [-0.1, -0.05) is 18.2 Å². The van der Waals surface area contributed by atoms with E-state index >= 15 is 0 Å². The summed E-state index contributed by atoms with van der Waals surface area (Å²) in [6.45, 7) is 2.16. The molecule has 2 rings (SSSR count). The first-order valence-corrected chi connectivity index (χ1v) is 6.20. The van der Waals surface area contributed by atoms with Crippen LogP contribution in [0.1, 0.15) is 12.5 Å². The highest BCUT2D eigenvalue weighted by molar-refractivity contribution is 5.85. The van der Waals surface area contributed by atoms with Crippen LogP contribution in [-0.4, -0.2) is 19.1 Å². The summed E-state index contributed by atoms with van der Waals surface area (Å²) in [7, 11) is 1.65. The summed E-state index contributed by atoms with van der Waals surface area (Å²) in [4.78, 5) is 11.4. The summed E-state index contributed by atoms with van der Waals surface area (Å²) >= 11 is 0. The lowest BCUT2D eigenvalue weighted by Crippen LogP contribution is -2.37. The first-order chi connectivity index (χ1) is 9.10. The molecular weight excluding hydrogens is 276 g/mol. The molecule has 3 N–H and O–H groups in total. The Labute approximate surface area is 124 Å². The second-order valence-corrected chi connectivity index (χ2v) is 4.55. The highest BCUT2D eigenvalue weighted by atomic mass is 35.5. The van der Waals surface area contributed by atoms with Gasteiger partial charge in [0.15, 0.2) is 0 Å². The quantitative estimate of drug-likeness (QED) is 0.909. The zero-order chi connectivity index (χ0) is 13.8. The second kappa shape index (κ2) is 7.12. The third-order valence-electron chi connectivity index (χ3n) is 2.99. The third-order valence-corrected chi connectivity index (χ3v) is 2.99.